The van der Waals surface area contributed by atoms with Crippen molar-refractivity contribution in [1.29, 1.82) is 0 Å². The Bertz CT molecular complexity index is 853. The number of carboxylic acids is 2. The summed E-state index contributed by atoms with van der Waals surface area (Å²) in [6.45, 7) is 4.83. The molecule has 0 bridgehead atoms. The zero-order valence-corrected chi connectivity index (χ0v) is 17.3. The van der Waals surface area contributed by atoms with Crippen LogP contribution in [0.1, 0.15) is 29.7 Å². The third kappa shape index (κ3) is 7.63. The van der Waals surface area contributed by atoms with Crippen molar-refractivity contribution in [3.63, 3.8) is 0 Å². The molecule has 0 amide bonds. The predicted molar refractivity (Wildman–Crippen MR) is 110 cm³/mol. The van der Waals surface area contributed by atoms with Crippen LogP contribution in [-0.4, -0.2) is 62.5 Å². The minimum absolute atomic E-state index is 0.676. The number of carboxylic acid groups (broad SMARTS) is 2. The van der Waals surface area contributed by atoms with Gasteiger partial charge in [0.15, 0.2) is 0 Å². The maximum atomic E-state index is 9.10. The van der Waals surface area contributed by atoms with E-state index in [0.29, 0.717) is 12.5 Å². The molecule has 1 aliphatic heterocycles. The van der Waals surface area contributed by atoms with Crippen molar-refractivity contribution < 1.29 is 24.5 Å². The SMILES string of the molecule is Cc1cccc(CCCOc2nsnc2C2=CCCN(C)C2)c1.O=C(O)C(=O)O. The van der Waals surface area contributed by atoms with Crippen LogP contribution in [0.5, 0.6) is 5.88 Å². The average molecular weight is 420 g/mol. The van der Waals surface area contributed by atoms with Gasteiger partial charge in [-0.2, -0.15) is 4.37 Å². The number of aryl methyl sites for hydroxylation is 2. The number of hydrogen-bond donors (Lipinski definition) is 2. The van der Waals surface area contributed by atoms with Crippen LogP contribution in [0.15, 0.2) is 30.3 Å². The fourth-order valence-corrected chi connectivity index (χ4v) is 3.38. The van der Waals surface area contributed by atoms with Gasteiger partial charge in [0.05, 0.1) is 18.3 Å². The van der Waals surface area contributed by atoms with Gasteiger partial charge in [0.25, 0.3) is 5.88 Å². The van der Waals surface area contributed by atoms with Crippen molar-refractivity contribution in [3.8, 4) is 5.88 Å². The van der Waals surface area contributed by atoms with Gasteiger partial charge in [-0.15, -0.1) is 4.37 Å². The number of benzene rings is 1. The zero-order chi connectivity index (χ0) is 21.2. The van der Waals surface area contributed by atoms with Crippen LogP contribution < -0.4 is 4.74 Å². The van der Waals surface area contributed by atoms with Crippen LogP contribution >= 0.6 is 11.7 Å². The molecule has 2 aromatic rings. The molecule has 0 unspecified atom stereocenters. The Balaban J connectivity index is 0.000000438. The highest BCUT2D eigenvalue weighted by Gasteiger charge is 2.18. The summed E-state index contributed by atoms with van der Waals surface area (Å²) in [7, 11) is 2.13. The highest BCUT2D eigenvalue weighted by Crippen LogP contribution is 2.27. The molecule has 0 saturated heterocycles. The topological polar surface area (TPSA) is 113 Å². The summed E-state index contributed by atoms with van der Waals surface area (Å²) in [4.78, 5) is 20.5. The van der Waals surface area contributed by atoms with Crippen molar-refractivity contribution in [2.45, 2.75) is 26.2 Å². The summed E-state index contributed by atoms with van der Waals surface area (Å²) in [6, 6.07) is 8.65. The number of carbonyl (C=O) groups is 2. The summed E-state index contributed by atoms with van der Waals surface area (Å²) in [5.41, 5.74) is 4.84. The summed E-state index contributed by atoms with van der Waals surface area (Å²) in [6.07, 6.45) is 5.34. The first-order chi connectivity index (χ1) is 13.9. The minimum atomic E-state index is -1.82. The standard InChI is InChI=1S/C18H23N3OS.C2H2O4/c1-14-6-3-7-15(12-14)8-5-11-22-18-17(19-23-20-18)16-9-4-10-21(2)13-16;3-1(4)2(5)6/h3,6-7,9,12H,4-5,8,10-11,13H2,1-2H3;(H,3,4)(H,5,6). The molecule has 156 valence electrons. The van der Waals surface area contributed by atoms with Gasteiger partial charge >= 0.3 is 11.9 Å². The highest BCUT2D eigenvalue weighted by molar-refractivity contribution is 6.99. The van der Waals surface area contributed by atoms with E-state index in [0.717, 1.165) is 38.0 Å². The van der Waals surface area contributed by atoms with Crippen LogP contribution in [0.25, 0.3) is 5.57 Å². The lowest BCUT2D eigenvalue weighted by Gasteiger charge is -2.22. The molecule has 0 atom stereocenters. The summed E-state index contributed by atoms with van der Waals surface area (Å²) in [5.74, 6) is -2.95. The van der Waals surface area contributed by atoms with Crippen molar-refractivity contribution in [2.75, 3.05) is 26.7 Å². The Morgan fingerprint density at radius 2 is 2.00 bits per heavy atom. The second-order valence-corrected chi connectivity index (χ2v) is 7.25. The molecule has 9 heteroatoms. The maximum Gasteiger partial charge on any atom is 0.414 e. The Labute approximate surface area is 173 Å². The van der Waals surface area contributed by atoms with E-state index in [9.17, 15) is 0 Å². The molecule has 1 aliphatic rings. The molecule has 8 nitrogen and oxygen atoms in total. The molecular weight excluding hydrogens is 394 g/mol. The Kier molecular flexibility index (Phi) is 8.75. The molecule has 0 fully saturated rings. The molecule has 0 saturated carbocycles. The van der Waals surface area contributed by atoms with E-state index in [1.807, 2.05) is 0 Å². The van der Waals surface area contributed by atoms with Crippen molar-refractivity contribution in [3.05, 3.63) is 47.2 Å². The zero-order valence-electron chi connectivity index (χ0n) is 16.5. The third-order valence-electron chi connectivity index (χ3n) is 4.22. The van der Waals surface area contributed by atoms with Crippen LogP contribution in [0.2, 0.25) is 0 Å². The van der Waals surface area contributed by atoms with Gasteiger partial charge < -0.3 is 19.8 Å². The molecule has 2 N–H and O–H groups in total. The van der Waals surface area contributed by atoms with E-state index in [-0.39, 0.29) is 0 Å². The van der Waals surface area contributed by atoms with Gasteiger partial charge in [-0.05, 0) is 44.4 Å². The summed E-state index contributed by atoms with van der Waals surface area (Å²) >= 11 is 1.23. The molecular formula is C20H25N3O5S. The van der Waals surface area contributed by atoms with E-state index in [4.69, 9.17) is 24.5 Å². The van der Waals surface area contributed by atoms with E-state index in [2.05, 4.69) is 58.0 Å². The largest absolute Gasteiger partial charge is 0.475 e. The molecule has 1 aromatic heterocycles. The normalized spacial score (nSPS) is 13.8. The number of aliphatic carboxylic acids is 2. The van der Waals surface area contributed by atoms with Crippen LogP contribution in [0.3, 0.4) is 0 Å². The Morgan fingerprint density at radius 1 is 1.24 bits per heavy atom. The van der Waals surface area contributed by atoms with Gasteiger partial charge in [0.1, 0.15) is 5.69 Å². The highest BCUT2D eigenvalue weighted by atomic mass is 32.1. The van der Waals surface area contributed by atoms with Gasteiger partial charge in [-0.3, -0.25) is 0 Å². The predicted octanol–water partition coefficient (Wildman–Crippen LogP) is 2.73. The van der Waals surface area contributed by atoms with E-state index >= 15 is 0 Å². The number of nitrogens with zero attached hydrogens (tertiary/aromatic N) is 3. The second kappa shape index (κ2) is 11.3. The fraction of sp³-hybridized carbons (Fsp3) is 0.400. The molecule has 2 heterocycles. The number of aromatic nitrogens is 2. The van der Waals surface area contributed by atoms with Crippen LogP contribution in [0.4, 0.5) is 0 Å². The van der Waals surface area contributed by atoms with Crippen LogP contribution in [-0.2, 0) is 16.0 Å². The van der Waals surface area contributed by atoms with E-state index in [1.54, 1.807) is 0 Å². The summed E-state index contributed by atoms with van der Waals surface area (Å²) < 4.78 is 14.7. The van der Waals surface area contributed by atoms with Crippen molar-refractivity contribution in [2.24, 2.45) is 0 Å². The lowest BCUT2D eigenvalue weighted by molar-refractivity contribution is -0.159. The number of hydrogen-bond acceptors (Lipinski definition) is 7. The molecule has 0 spiro atoms. The van der Waals surface area contributed by atoms with Gasteiger partial charge in [-0.25, -0.2) is 9.59 Å². The van der Waals surface area contributed by atoms with Gasteiger partial charge in [-0.1, -0.05) is 35.9 Å². The molecule has 29 heavy (non-hydrogen) atoms. The average Bonchev–Trinajstić information content (AvgIpc) is 3.14. The lowest BCUT2D eigenvalue weighted by atomic mass is 10.1. The van der Waals surface area contributed by atoms with Crippen molar-refractivity contribution in [1.82, 2.24) is 13.6 Å². The maximum absolute atomic E-state index is 9.10. The van der Waals surface area contributed by atoms with Gasteiger partial charge in [0, 0.05) is 13.1 Å². The molecule has 1 aromatic carbocycles. The molecule has 3 rings (SSSR count). The second-order valence-electron chi connectivity index (χ2n) is 6.73. The quantitative estimate of drug-likeness (QED) is 0.543. The van der Waals surface area contributed by atoms with Crippen LogP contribution in [0, 0.1) is 6.92 Å². The van der Waals surface area contributed by atoms with Crippen molar-refractivity contribution >= 4 is 29.2 Å². The third-order valence-corrected chi connectivity index (χ3v) is 4.73. The first-order valence-corrected chi connectivity index (χ1v) is 9.95. The summed E-state index contributed by atoms with van der Waals surface area (Å²) in [5, 5.41) is 14.8. The van der Waals surface area contributed by atoms with E-state index in [1.165, 1.54) is 28.4 Å². The smallest absolute Gasteiger partial charge is 0.414 e. The fourth-order valence-electron chi connectivity index (χ4n) is 2.85. The first-order valence-electron chi connectivity index (χ1n) is 9.22. The Morgan fingerprint density at radius 3 is 2.66 bits per heavy atom. The first kappa shape index (κ1) is 22.5. The minimum Gasteiger partial charge on any atom is -0.475 e. The Hall–Kier alpha value is -2.78. The molecule has 0 aliphatic carbocycles. The molecule has 0 radical (unpaired) electrons. The van der Waals surface area contributed by atoms with Gasteiger partial charge in [0.2, 0.25) is 0 Å². The number of rotatable bonds is 6. The van der Waals surface area contributed by atoms with E-state index < -0.39 is 11.9 Å². The monoisotopic (exact) mass is 419 g/mol. The number of likely N-dealkylation sites (N-methyl/N-ethyl adjacent to an activating group) is 1. The lowest BCUT2D eigenvalue weighted by Crippen LogP contribution is -2.25. The number of ether oxygens (including phenoxy) is 1.